The second-order valence-electron chi connectivity index (χ2n) is 37.8. The zero-order valence-corrected chi connectivity index (χ0v) is 80.1. The smallest absolute Gasteiger partial charge is 0.308 e. The largest absolute Gasteiger partial charge is 0.502 e. The van der Waals surface area contributed by atoms with Crippen LogP contribution in [0.1, 0.15) is 247 Å². The van der Waals surface area contributed by atoms with Gasteiger partial charge in [0.2, 0.25) is 59.1 Å². The van der Waals surface area contributed by atoms with Crippen molar-refractivity contribution in [3.63, 3.8) is 0 Å². The van der Waals surface area contributed by atoms with E-state index in [1.165, 1.54) is 44.8 Å². The quantitative estimate of drug-likeness (QED) is 0.00835. The van der Waals surface area contributed by atoms with Gasteiger partial charge >= 0.3 is 29.8 Å². The van der Waals surface area contributed by atoms with Gasteiger partial charge in [0.05, 0.1) is 118 Å². The first-order valence-electron chi connectivity index (χ1n) is 50.0. The normalized spacial score (nSPS) is 28.5. The van der Waals surface area contributed by atoms with Gasteiger partial charge in [-0.25, -0.2) is 0 Å². The number of carbonyl (C=O) groups excluding carboxylic acids is 13. The molecule has 10 amide bonds. The van der Waals surface area contributed by atoms with E-state index in [9.17, 15) is 71.9 Å². The van der Waals surface area contributed by atoms with Crippen molar-refractivity contribution in [2.24, 2.45) is 124 Å². The molecule has 10 aliphatic carbocycles. The number of esters is 3. The summed E-state index contributed by atoms with van der Waals surface area (Å²) in [6.07, 6.45) is 48.1. The second kappa shape index (κ2) is 56.2. The van der Waals surface area contributed by atoms with E-state index in [1.54, 1.807) is 20.8 Å². The summed E-state index contributed by atoms with van der Waals surface area (Å²) in [7, 11) is 0. The number of hydrogen-bond donors (Lipinski definition) is 4. The first kappa shape index (κ1) is 109. The number of nitrogens with zero attached hydrogens (tertiary/aromatic N) is 4. The van der Waals surface area contributed by atoms with Crippen LogP contribution in [0.3, 0.4) is 0 Å². The fourth-order valence-corrected chi connectivity index (χ4v) is 21.8. The minimum atomic E-state index is -0.796. The SMILES string of the molecule is C=COCCCC.C=COCCCCOC=C.CC(OCCCCOC(C)OC(=O)CCCCCN1C(=O)C2C3C=CC(C3)C2C1=O)OC(=O)CCCCCN1C(=O)C2C3C=CC(C3)C2C1=O.CCCCOC(C)OC(=O)CCCCCN1C(=O)C2C3C=CC(C3)C2C1=O.NCCCCCC(=O)O.O=C(O)CCCCCN1C(=O)C2C3C=CC(C3)C2C1=O.O=C1NC(=O)C2C3C=CC(C3)C12. The number of unbranched alkanes of at least 4 members (excludes halogenated alkanes) is 14. The van der Waals surface area contributed by atoms with Gasteiger partial charge in [-0.05, 0) is 221 Å². The number of carboxylic acids is 2. The van der Waals surface area contributed by atoms with Crippen LogP contribution in [-0.4, -0.2) is 210 Å². The number of fused-ring (bicyclic) bond motifs is 25. The Morgan fingerprint density at radius 1 is 0.326 bits per heavy atom. The Labute approximate surface area is 795 Å². The van der Waals surface area contributed by atoms with Crippen molar-refractivity contribution in [1.29, 1.82) is 0 Å². The van der Waals surface area contributed by atoms with E-state index < -0.39 is 30.8 Å². The highest BCUT2D eigenvalue weighted by Gasteiger charge is 2.63. The number of nitrogens with one attached hydrogen (secondary N) is 1. The summed E-state index contributed by atoms with van der Waals surface area (Å²) in [5, 5.41) is 19.1. The lowest BCUT2D eigenvalue weighted by Gasteiger charge is -2.17. The Kier molecular flexibility index (Phi) is 45.3. The molecule has 5 heterocycles. The van der Waals surface area contributed by atoms with Crippen LogP contribution < -0.4 is 11.1 Å². The molecular formula is C103H150N6O26. The Bertz CT molecular complexity index is 3930. The molecule has 0 radical (unpaired) electrons. The standard InChI is InChI=1S/C38H52N2O10.C21H31NO5.C15H19NO4.C9H9NO2.C8H14O2.C6H13NO2.C6H12O/c1-23(49-29(41)11-5-3-7-17-39-35(43)31-25-13-14-26(21-25)32(31)36(39)44)47-19-9-10-20-48-24(2)50-30(42)12-6-4-8-18-40-37(45)33-27-15-16-28(22-27)34(33)38(40)46;1-3-4-12-26-14(2)27-17(23)8-6-5-7-11-22-20(24)18-15-9-10-16(13-15)19(18)21(22)25;17-11(18)4-2-1-3-7-16-14(19)12-9-5-6-10(8-9)13(12)15(16)20;11-8-6-4-1-2-5(3-4)7(6)9(12)10-8;1-3-9-7-5-6-8-10-4-2;7-5-3-1-2-4-6(8)9;1-3-5-6-7-4-2/h13-16,23-28,31-34H,3-12,17-22H2,1-2H3;9-10,14-16,18-19H,3-8,11-13H2,1-2H3;5-6,9-10,12-13H,1-4,7-8H2,(H,17,18);1-2,4-7H,3H2,(H,10,11,12);3-4H,1-2,5-8H2;1-5,7H2,(H,8,9);4H,2-3,5-6H2,1H3. The molecule has 32 nitrogen and oxygen atoms in total. The Morgan fingerprint density at radius 3 is 0.778 bits per heavy atom. The predicted molar refractivity (Wildman–Crippen MR) is 497 cm³/mol. The molecule has 10 bridgehead atoms. The van der Waals surface area contributed by atoms with E-state index in [2.05, 4.69) is 99.7 Å². The molecule has 5 saturated heterocycles. The fourth-order valence-electron chi connectivity index (χ4n) is 21.8. The van der Waals surface area contributed by atoms with E-state index in [-0.39, 0.29) is 209 Å². The molecule has 23 unspecified atom stereocenters. The molecule has 32 heteroatoms. The van der Waals surface area contributed by atoms with E-state index in [0.717, 1.165) is 135 Å². The fraction of sp³-hybridized carbons (Fsp3) is 0.699. The summed E-state index contributed by atoms with van der Waals surface area (Å²) in [5.41, 5.74) is 5.20. The number of rotatable bonds is 54. The van der Waals surface area contributed by atoms with Crippen LogP contribution in [0.4, 0.5) is 0 Å². The topological polar surface area (TPSA) is 431 Å². The molecule has 748 valence electrons. The van der Waals surface area contributed by atoms with Crippen LogP contribution in [0, 0.1) is 118 Å². The third kappa shape index (κ3) is 30.6. The summed E-state index contributed by atoms with van der Waals surface area (Å²) < 4.78 is 47.1. The second-order valence-corrected chi connectivity index (χ2v) is 37.8. The number of ether oxygens (including phenoxy) is 9. The molecule has 0 aromatic rings. The first-order chi connectivity index (χ1) is 65.1. The highest BCUT2D eigenvalue weighted by atomic mass is 16.7. The van der Waals surface area contributed by atoms with E-state index in [4.69, 9.17) is 58.6 Å². The third-order valence-corrected chi connectivity index (χ3v) is 28.4. The predicted octanol–water partition coefficient (Wildman–Crippen LogP) is 13.5. The lowest BCUT2D eigenvalue weighted by molar-refractivity contribution is -0.178. The molecule has 0 aromatic heterocycles. The number of imide groups is 5. The molecule has 5 N–H and O–H groups in total. The molecule has 135 heavy (non-hydrogen) atoms. The number of likely N-dealkylation sites (tertiary alicyclic amines) is 4. The zero-order valence-electron chi connectivity index (χ0n) is 80.1. The van der Waals surface area contributed by atoms with Gasteiger partial charge in [-0.1, -0.05) is 139 Å². The summed E-state index contributed by atoms with van der Waals surface area (Å²) in [4.78, 5) is 186. The van der Waals surface area contributed by atoms with E-state index >= 15 is 0 Å². The van der Waals surface area contributed by atoms with Crippen molar-refractivity contribution in [2.75, 3.05) is 72.4 Å². The van der Waals surface area contributed by atoms with Crippen LogP contribution in [0.15, 0.2) is 99.3 Å². The van der Waals surface area contributed by atoms with Gasteiger partial charge < -0.3 is 58.6 Å². The molecule has 0 aromatic carbocycles. The van der Waals surface area contributed by atoms with Crippen molar-refractivity contribution < 1.29 is 125 Å². The van der Waals surface area contributed by atoms with Gasteiger partial charge in [-0.2, -0.15) is 0 Å². The highest BCUT2D eigenvalue weighted by molar-refractivity contribution is 6.09. The van der Waals surface area contributed by atoms with E-state index in [1.807, 2.05) is 0 Å². The van der Waals surface area contributed by atoms with Crippen LogP contribution in [0.5, 0.6) is 0 Å². The van der Waals surface area contributed by atoms with Crippen molar-refractivity contribution in [3.8, 4) is 0 Å². The monoisotopic (exact) mass is 1890 g/mol. The van der Waals surface area contributed by atoms with Gasteiger partial charge in [0.1, 0.15) is 0 Å². The van der Waals surface area contributed by atoms with Gasteiger partial charge in [-0.3, -0.25) is 96.8 Å². The first-order valence-corrected chi connectivity index (χ1v) is 50.0. The molecule has 23 atom stereocenters. The Hall–Kier alpha value is -9.79. The summed E-state index contributed by atoms with van der Waals surface area (Å²) in [6.45, 7) is 25.6. The summed E-state index contributed by atoms with van der Waals surface area (Å²) in [6, 6.07) is 0. The van der Waals surface area contributed by atoms with Gasteiger partial charge in [-0.15, -0.1) is 0 Å². The number of carboxylic acid groups (broad SMARTS) is 2. The summed E-state index contributed by atoms with van der Waals surface area (Å²) in [5.74, 6) is -1.20. The van der Waals surface area contributed by atoms with Crippen molar-refractivity contribution in [3.05, 3.63) is 99.3 Å². The zero-order chi connectivity index (χ0) is 97.6. The highest BCUT2D eigenvalue weighted by Crippen LogP contribution is 2.57. The molecule has 0 spiro atoms. The molecule has 5 saturated carbocycles. The Morgan fingerprint density at radius 2 is 0.541 bits per heavy atom. The molecule has 15 rings (SSSR count). The van der Waals surface area contributed by atoms with Gasteiger partial charge in [0.25, 0.3) is 0 Å². The van der Waals surface area contributed by atoms with Crippen LogP contribution >= 0.6 is 0 Å². The number of aliphatic carboxylic acids is 2. The minimum absolute atomic E-state index is 0.00455. The van der Waals surface area contributed by atoms with Crippen molar-refractivity contribution >= 4 is 88.9 Å². The lowest BCUT2D eigenvalue weighted by Crippen LogP contribution is -2.33. The van der Waals surface area contributed by atoms with Crippen LogP contribution in [-0.2, 0) is 115 Å². The average molecular weight is 1890 g/mol. The summed E-state index contributed by atoms with van der Waals surface area (Å²) >= 11 is 0. The van der Waals surface area contributed by atoms with Crippen molar-refractivity contribution in [2.45, 2.75) is 265 Å². The van der Waals surface area contributed by atoms with Gasteiger partial charge in [0, 0.05) is 58.3 Å². The number of allylic oxidation sites excluding steroid dienone is 10. The molecule has 10 fully saturated rings. The number of amides is 10. The average Bonchev–Trinajstić information content (AvgIpc) is 1.60. The van der Waals surface area contributed by atoms with E-state index in [0.29, 0.717) is 129 Å². The lowest BCUT2D eigenvalue weighted by atomic mass is 9.85. The molecule has 5 aliphatic heterocycles. The maximum atomic E-state index is 12.8. The third-order valence-electron chi connectivity index (χ3n) is 28.4. The van der Waals surface area contributed by atoms with Crippen LogP contribution in [0.2, 0.25) is 0 Å². The number of nitrogens with two attached hydrogens (primary N) is 1. The van der Waals surface area contributed by atoms with Crippen LogP contribution in [0.25, 0.3) is 0 Å². The number of carbonyl (C=O) groups is 15. The number of hydrogen-bond acceptors (Lipinski definition) is 25. The molecule has 15 aliphatic rings. The van der Waals surface area contributed by atoms with Crippen molar-refractivity contribution in [1.82, 2.24) is 24.9 Å². The minimum Gasteiger partial charge on any atom is -0.502 e. The molecular weight excluding hydrogens is 1740 g/mol. The van der Waals surface area contributed by atoms with Gasteiger partial charge in [0.15, 0.2) is 18.9 Å². The Balaban J connectivity index is 0.000000201. The maximum Gasteiger partial charge on any atom is 0.308 e. The maximum absolute atomic E-state index is 12.8.